The van der Waals surface area contributed by atoms with Gasteiger partial charge in [0, 0.05) is 12.8 Å². The van der Waals surface area contributed by atoms with Crippen LogP contribution in [0, 0.1) is 6.92 Å². The molecule has 1 N–H and O–H groups in total. The molecule has 0 aliphatic carbocycles. The molecule has 0 aliphatic rings. The molecule has 17 heavy (non-hydrogen) atoms. The average Bonchev–Trinajstić information content (AvgIpc) is 2.72. The van der Waals surface area contributed by atoms with E-state index in [0.717, 1.165) is 22.7 Å². The normalized spacial score (nSPS) is 10.5. The van der Waals surface area contributed by atoms with Crippen molar-refractivity contribution in [1.29, 1.82) is 0 Å². The standard InChI is InChI=1S/C13H16N2O2/c1-10-11(7-8-16)9-15(14-10)12-3-5-13(17-2)6-4-12/h3-6,9,16H,7-8H2,1-2H3. The highest BCUT2D eigenvalue weighted by Gasteiger charge is 2.05. The van der Waals surface area contributed by atoms with Crippen LogP contribution >= 0.6 is 0 Å². The van der Waals surface area contributed by atoms with Crippen molar-refractivity contribution in [2.45, 2.75) is 13.3 Å². The van der Waals surface area contributed by atoms with Crippen molar-refractivity contribution in [2.75, 3.05) is 13.7 Å². The Morgan fingerprint density at radius 3 is 2.59 bits per heavy atom. The van der Waals surface area contributed by atoms with Crippen LogP contribution in [-0.4, -0.2) is 28.6 Å². The fourth-order valence-electron chi connectivity index (χ4n) is 1.73. The van der Waals surface area contributed by atoms with E-state index in [9.17, 15) is 0 Å². The minimum Gasteiger partial charge on any atom is -0.497 e. The Morgan fingerprint density at radius 2 is 2.00 bits per heavy atom. The van der Waals surface area contributed by atoms with E-state index in [0.29, 0.717) is 6.42 Å². The summed E-state index contributed by atoms with van der Waals surface area (Å²) in [7, 11) is 1.65. The van der Waals surface area contributed by atoms with Gasteiger partial charge in [-0.3, -0.25) is 0 Å². The second-order valence-corrected chi connectivity index (χ2v) is 3.86. The maximum atomic E-state index is 8.94. The number of aliphatic hydroxyl groups excluding tert-OH is 1. The molecule has 0 atom stereocenters. The number of aryl methyl sites for hydroxylation is 1. The SMILES string of the molecule is COc1ccc(-n2cc(CCO)c(C)n2)cc1. The lowest BCUT2D eigenvalue weighted by molar-refractivity contribution is 0.299. The van der Waals surface area contributed by atoms with Gasteiger partial charge in [-0.05, 0) is 43.2 Å². The number of ether oxygens (including phenoxy) is 1. The minimum absolute atomic E-state index is 0.148. The van der Waals surface area contributed by atoms with E-state index in [-0.39, 0.29) is 6.61 Å². The van der Waals surface area contributed by atoms with Crippen LogP contribution in [-0.2, 0) is 6.42 Å². The zero-order valence-corrected chi connectivity index (χ0v) is 10.1. The predicted octanol–water partition coefficient (Wildman–Crippen LogP) is 1.72. The summed E-state index contributed by atoms with van der Waals surface area (Å²) in [4.78, 5) is 0. The van der Waals surface area contributed by atoms with E-state index >= 15 is 0 Å². The third-order valence-corrected chi connectivity index (χ3v) is 2.72. The molecule has 1 aromatic heterocycles. The van der Waals surface area contributed by atoms with Gasteiger partial charge in [-0.2, -0.15) is 5.10 Å². The number of hydrogen-bond acceptors (Lipinski definition) is 3. The maximum absolute atomic E-state index is 8.94. The van der Waals surface area contributed by atoms with Crippen LogP contribution < -0.4 is 4.74 Å². The van der Waals surface area contributed by atoms with Crippen LogP contribution in [0.15, 0.2) is 30.5 Å². The van der Waals surface area contributed by atoms with Gasteiger partial charge in [0.1, 0.15) is 5.75 Å². The van der Waals surface area contributed by atoms with E-state index < -0.39 is 0 Å². The van der Waals surface area contributed by atoms with Gasteiger partial charge >= 0.3 is 0 Å². The van der Waals surface area contributed by atoms with Crippen molar-refractivity contribution < 1.29 is 9.84 Å². The van der Waals surface area contributed by atoms with Crippen molar-refractivity contribution in [2.24, 2.45) is 0 Å². The fraction of sp³-hybridized carbons (Fsp3) is 0.308. The summed E-state index contributed by atoms with van der Waals surface area (Å²) in [5, 5.41) is 13.4. The lowest BCUT2D eigenvalue weighted by Crippen LogP contribution is -1.94. The van der Waals surface area contributed by atoms with Crippen LogP contribution in [0.5, 0.6) is 5.75 Å². The van der Waals surface area contributed by atoms with Gasteiger partial charge in [0.05, 0.1) is 18.5 Å². The highest BCUT2D eigenvalue weighted by Crippen LogP contribution is 2.16. The molecule has 1 heterocycles. The maximum Gasteiger partial charge on any atom is 0.119 e. The lowest BCUT2D eigenvalue weighted by atomic mass is 10.2. The van der Waals surface area contributed by atoms with E-state index in [1.165, 1.54) is 0 Å². The van der Waals surface area contributed by atoms with Crippen LogP contribution in [0.4, 0.5) is 0 Å². The quantitative estimate of drug-likeness (QED) is 0.873. The van der Waals surface area contributed by atoms with Crippen molar-refractivity contribution >= 4 is 0 Å². The Morgan fingerprint density at radius 1 is 1.29 bits per heavy atom. The van der Waals surface area contributed by atoms with Crippen LogP contribution in [0.1, 0.15) is 11.3 Å². The average molecular weight is 232 g/mol. The number of nitrogens with zero attached hydrogens (tertiary/aromatic N) is 2. The first-order chi connectivity index (χ1) is 8.24. The van der Waals surface area contributed by atoms with E-state index in [2.05, 4.69) is 5.10 Å². The van der Waals surface area contributed by atoms with Gasteiger partial charge in [0.15, 0.2) is 0 Å². The first kappa shape index (κ1) is 11.7. The number of rotatable bonds is 4. The molecule has 4 heteroatoms. The molecule has 2 rings (SSSR count). The smallest absolute Gasteiger partial charge is 0.119 e. The van der Waals surface area contributed by atoms with Crippen molar-refractivity contribution in [1.82, 2.24) is 9.78 Å². The summed E-state index contributed by atoms with van der Waals surface area (Å²) >= 11 is 0. The molecule has 4 nitrogen and oxygen atoms in total. The summed E-state index contributed by atoms with van der Waals surface area (Å²) in [6.45, 7) is 2.10. The van der Waals surface area contributed by atoms with Gasteiger partial charge in [-0.25, -0.2) is 4.68 Å². The van der Waals surface area contributed by atoms with E-state index in [4.69, 9.17) is 9.84 Å². The molecule has 0 radical (unpaired) electrons. The first-order valence-corrected chi connectivity index (χ1v) is 5.55. The molecule has 0 aliphatic heterocycles. The number of aromatic nitrogens is 2. The molecule has 2 aromatic rings. The van der Waals surface area contributed by atoms with E-state index in [1.807, 2.05) is 42.1 Å². The summed E-state index contributed by atoms with van der Waals surface area (Å²) in [6, 6.07) is 7.71. The second-order valence-electron chi connectivity index (χ2n) is 3.86. The van der Waals surface area contributed by atoms with Gasteiger partial charge < -0.3 is 9.84 Å². The summed E-state index contributed by atoms with van der Waals surface area (Å²) in [6.07, 6.45) is 2.59. The lowest BCUT2D eigenvalue weighted by Gasteiger charge is -2.02. The second kappa shape index (κ2) is 5.01. The van der Waals surface area contributed by atoms with Crippen LogP contribution in [0.2, 0.25) is 0 Å². The molecular formula is C13H16N2O2. The Hall–Kier alpha value is -1.81. The Labute approximate surface area is 100 Å². The van der Waals surface area contributed by atoms with Crippen LogP contribution in [0.3, 0.4) is 0 Å². The predicted molar refractivity (Wildman–Crippen MR) is 65.6 cm³/mol. The minimum atomic E-state index is 0.148. The monoisotopic (exact) mass is 232 g/mol. The number of aliphatic hydroxyl groups is 1. The molecule has 90 valence electrons. The molecule has 0 unspecified atom stereocenters. The first-order valence-electron chi connectivity index (χ1n) is 5.55. The third-order valence-electron chi connectivity index (χ3n) is 2.72. The molecule has 0 spiro atoms. The molecule has 1 aromatic carbocycles. The number of hydrogen-bond donors (Lipinski definition) is 1. The van der Waals surface area contributed by atoms with Gasteiger partial charge in [0.2, 0.25) is 0 Å². The highest BCUT2D eigenvalue weighted by molar-refractivity contribution is 5.37. The molecule has 0 saturated heterocycles. The largest absolute Gasteiger partial charge is 0.497 e. The van der Waals surface area contributed by atoms with Gasteiger partial charge in [-0.15, -0.1) is 0 Å². The molecule has 0 bridgehead atoms. The zero-order valence-electron chi connectivity index (χ0n) is 10.1. The zero-order chi connectivity index (χ0) is 12.3. The Kier molecular flexibility index (Phi) is 3.44. The Bertz CT molecular complexity index is 489. The highest BCUT2D eigenvalue weighted by atomic mass is 16.5. The topological polar surface area (TPSA) is 47.3 Å². The van der Waals surface area contributed by atoms with Crippen molar-refractivity contribution in [3.63, 3.8) is 0 Å². The van der Waals surface area contributed by atoms with E-state index in [1.54, 1.807) is 7.11 Å². The number of methoxy groups -OCH3 is 1. The molecule has 0 fully saturated rings. The van der Waals surface area contributed by atoms with Crippen molar-refractivity contribution in [3.05, 3.63) is 41.7 Å². The number of benzene rings is 1. The summed E-state index contributed by atoms with van der Waals surface area (Å²) in [5.74, 6) is 0.827. The molecular weight excluding hydrogens is 216 g/mol. The Balaban J connectivity index is 2.29. The summed E-state index contributed by atoms with van der Waals surface area (Å²) < 4.78 is 6.93. The molecule has 0 amide bonds. The van der Waals surface area contributed by atoms with Gasteiger partial charge in [0.25, 0.3) is 0 Å². The van der Waals surface area contributed by atoms with Gasteiger partial charge in [-0.1, -0.05) is 0 Å². The van der Waals surface area contributed by atoms with Crippen LogP contribution in [0.25, 0.3) is 5.69 Å². The summed E-state index contributed by atoms with van der Waals surface area (Å²) in [5.41, 5.74) is 3.01. The third kappa shape index (κ3) is 2.47. The molecule has 0 saturated carbocycles. The fourth-order valence-corrected chi connectivity index (χ4v) is 1.73. The van der Waals surface area contributed by atoms with Crippen molar-refractivity contribution in [3.8, 4) is 11.4 Å².